The monoisotopic (exact) mass is 279 g/mol. The number of amides is 1. The van der Waals surface area contributed by atoms with Gasteiger partial charge >= 0.3 is 0 Å². The van der Waals surface area contributed by atoms with Gasteiger partial charge < -0.3 is 5.32 Å². The first-order chi connectivity index (χ1) is 8.66. The van der Waals surface area contributed by atoms with Gasteiger partial charge in [-0.3, -0.25) is 4.79 Å². The van der Waals surface area contributed by atoms with Gasteiger partial charge in [0.25, 0.3) is 5.91 Å². The van der Waals surface area contributed by atoms with Gasteiger partial charge in [-0.05, 0) is 24.3 Å². The number of rotatable bonds is 3. The average Bonchev–Trinajstić information content (AvgIpc) is 2.40. The minimum Gasteiger partial charge on any atom is -0.346 e. The third kappa shape index (κ3) is 3.21. The number of nitrogens with zero attached hydrogens (tertiary/aromatic N) is 2. The third-order valence-corrected chi connectivity index (χ3v) is 2.88. The Balaban J connectivity index is 2.06. The Labute approximate surface area is 115 Å². The Morgan fingerprint density at radius 1 is 1.39 bits per heavy atom. The number of nitrogens with one attached hydrogen (secondary N) is 1. The van der Waals surface area contributed by atoms with Crippen molar-refractivity contribution in [1.82, 2.24) is 15.3 Å². The molecule has 0 fully saturated rings. The summed E-state index contributed by atoms with van der Waals surface area (Å²) in [5.41, 5.74) is 1.13. The molecule has 0 saturated heterocycles. The van der Waals surface area contributed by atoms with E-state index in [1.165, 1.54) is 6.33 Å². The Bertz CT molecular complexity index is 563. The molecule has 0 aliphatic carbocycles. The second-order valence-corrected chi connectivity index (χ2v) is 4.47. The Morgan fingerprint density at radius 2 is 2.22 bits per heavy atom. The van der Waals surface area contributed by atoms with Crippen LogP contribution in [-0.4, -0.2) is 15.9 Å². The Morgan fingerprint density at radius 3 is 2.94 bits per heavy atom. The molecule has 6 heteroatoms. The van der Waals surface area contributed by atoms with Gasteiger partial charge in [-0.15, -0.1) is 12.6 Å². The van der Waals surface area contributed by atoms with E-state index in [0.29, 0.717) is 22.0 Å². The van der Waals surface area contributed by atoms with Gasteiger partial charge in [0, 0.05) is 11.1 Å². The van der Waals surface area contributed by atoms with Crippen LogP contribution in [0.15, 0.2) is 41.7 Å². The van der Waals surface area contributed by atoms with Gasteiger partial charge in [0.2, 0.25) is 0 Å². The fourth-order valence-corrected chi connectivity index (χ4v) is 1.78. The van der Waals surface area contributed by atoms with Gasteiger partial charge in [-0.25, -0.2) is 9.97 Å². The van der Waals surface area contributed by atoms with E-state index in [2.05, 4.69) is 27.9 Å². The number of hydrogen-bond acceptors (Lipinski definition) is 4. The normalized spacial score (nSPS) is 10.1. The molecular weight excluding hydrogens is 270 g/mol. The highest BCUT2D eigenvalue weighted by Gasteiger charge is 2.10. The fourth-order valence-electron chi connectivity index (χ4n) is 1.38. The fraction of sp³-hybridized carbons (Fsp3) is 0.0833. The van der Waals surface area contributed by atoms with E-state index < -0.39 is 0 Å². The predicted molar refractivity (Wildman–Crippen MR) is 71.9 cm³/mol. The minimum absolute atomic E-state index is 0.255. The molecule has 0 spiro atoms. The molecule has 2 rings (SSSR count). The molecular formula is C12H10ClN3OS. The zero-order valence-electron chi connectivity index (χ0n) is 9.30. The summed E-state index contributed by atoms with van der Waals surface area (Å²) in [6.45, 7) is 0.328. The summed E-state index contributed by atoms with van der Waals surface area (Å²) in [7, 11) is 0. The van der Waals surface area contributed by atoms with Crippen molar-refractivity contribution in [3.8, 4) is 0 Å². The van der Waals surface area contributed by atoms with E-state index in [1.807, 2.05) is 0 Å². The highest BCUT2D eigenvalue weighted by molar-refractivity contribution is 7.80. The minimum atomic E-state index is -0.255. The number of aromatic nitrogens is 2. The van der Waals surface area contributed by atoms with Gasteiger partial charge in [0.1, 0.15) is 6.33 Å². The largest absolute Gasteiger partial charge is 0.346 e. The summed E-state index contributed by atoms with van der Waals surface area (Å²) in [5, 5.41) is 3.13. The van der Waals surface area contributed by atoms with Crippen LogP contribution in [0.5, 0.6) is 0 Å². The molecule has 0 aliphatic rings. The zero-order valence-corrected chi connectivity index (χ0v) is 10.9. The van der Waals surface area contributed by atoms with E-state index in [0.717, 1.165) is 5.69 Å². The number of halogens is 1. The molecule has 92 valence electrons. The first-order valence-corrected chi connectivity index (χ1v) is 6.01. The van der Waals surface area contributed by atoms with Crippen LogP contribution in [0.25, 0.3) is 0 Å². The lowest BCUT2D eigenvalue weighted by atomic mass is 10.2. The molecule has 1 aromatic heterocycles. The first-order valence-electron chi connectivity index (χ1n) is 5.18. The van der Waals surface area contributed by atoms with E-state index in [9.17, 15) is 4.79 Å². The molecule has 4 nitrogen and oxygen atoms in total. The molecule has 0 atom stereocenters. The molecule has 2 aromatic rings. The van der Waals surface area contributed by atoms with Crippen molar-refractivity contribution >= 4 is 30.1 Å². The summed E-state index contributed by atoms with van der Waals surface area (Å²) in [4.78, 5) is 20.4. The van der Waals surface area contributed by atoms with Crippen molar-refractivity contribution < 1.29 is 4.79 Å². The maximum atomic E-state index is 11.9. The average molecular weight is 280 g/mol. The van der Waals surface area contributed by atoms with Gasteiger partial charge in [0.15, 0.2) is 0 Å². The Kier molecular flexibility index (Phi) is 4.17. The number of hydrogen-bond donors (Lipinski definition) is 2. The molecule has 18 heavy (non-hydrogen) atoms. The van der Waals surface area contributed by atoms with Crippen molar-refractivity contribution in [2.75, 3.05) is 0 Å². The molecule has 1 amide bonds. The third-order valence-electron chi connectivity index (χ3n) is 2.27. The molecule has 0 unspecified atom stereocenters. The van der Waals surface area contributed by atoms with Gasteiger partial charge in [-0.2, -0.15) is 0 Å². The summed E-state index contributed by atoms with van der Waals surface area (Å²) in [6, 6.07) is 6.73. The number of carbonyl (C=O) groups excluding carboxylic acids is 1. The standard InChI is InChI=1S/C12H10ClN3OS/c13-11-2-1-9(18)5-10(11)12(17)15-6-8-3-4-14-7-16-8/h1-5,7,18H,6H2,(H,15,17). The molecule has 0 radical (unpaired) electrons. The highest BCUT2D eigenvalue weighted by atomic mass is 35.5. The second kappa shape index (κ2) is 5.84. The number of thiol groups is 1. The quantitative estimate of drug-likeness (QED) is 0.848. The van der Waals surface area contributed by atoms with Crippen molar-refractivity contribution in [3.63, 3.8) is 0 Å². The number of carbonyl (C=O) groups is 1. The van der Waals surface area contributed by atoms with E-state index >= 15 is 0 Å². The molecule has 1 N–H and O–H groups in total. The van der Waals surface area contributed by atoms with Crippen LogP contribution in [0.2, 0.25) is 5.02 Å². The molecule has 0 aliphatic heterocycles. The smallest absolute Gasteiger partial charge is 0.253 e. The van der Waals surface area contributed by atoms with Crippen molar-refractivity contribution in [1.29, 1.82) is 0 Å². The highest BCUT2D eigenvalue weighted by Crippen LogP contribution is 2.19. The van der Waals surface area contributed by atoms with Crippen LogP contribution >= 0.6 is 24.2 Å². The summed E-state index contributed by atoms with van der Waals surface area (Å²) < 4.78 is 0. The van der Waals surface area contributed by atoms with Crippen LogP contribution in [0.1, 0.15) is 16.1 Å². The zero-order chi connectivity index (χ0) is 13.0. The molecule has 0 bridgehead atoms. The maximum absolute atomic E-state index is 11.9. The SMILES string of the molecule is O=C(NCc1ccncn1)c1cc(S)ccc1Cl. The van der Waals surface area contributed by atoms with Crippen LogP contribution in [0.3, 0.4) is 0 Å². The first kappa shape index (κ1) is 12.9. The van der Waals surface area contributed by atoms with Crippen LogP contribution < -0.4 is 5.32 Å². The topological polar surface area (TPSA) is 54.9 Å². The second-order valence-electron chi connectivity index (χ2n) is 3.55. The van der Waals surface area contributed by atoms with Gasteiger partial charge in [0.05, 0.1) is 22.8 Å². The molecule has 0 saturated carbocycles. The van der Waals surface area contributed by atoms with E-state index in [1.54, 1.807) is 30.5 Å². The van der Waals surface area contributed by atoms with E-state index in [-0.39, 0.29) is 5.91 Å². The summed E-state index contributed by atoms with van der Waals surface area (Å²) in [5.74, 6) is -0.255. The lowest BCUT2D eigenvalue weighted by molar-refractivity contribution is 0.0950. The summed E-state index contributed by atoms with van der Waals surface area (Å²) >= 11 is 10.1. The lowest BCUT2D eigenvalue weighted by Gasteiger charge is -2.06. The predicted octanol–water partition coefficient (Wildman–Crippen LogP) is 2.35. The lowest BCUT2D eigenvalue weighted by Crippen LogP contribution is -2.23. The van der Waals surface area contributed by atoms with Crippen LogP contribution in [0.4, 0.5) is 0 Å². The van der Waals surface area contributed by atoms with Gasteiger partial charge in [-0.1, -0.05) is 11.6 Å². The number of benzene rings is 1. The van der Waals surface area contributed by atoms with Crippen molar-refractivity contribution in [2.45, 2.75) is 11.4 Å². The summed E-state index contributed by atoms with van der Waals surface area (Å²) in [6.07, 6.45) is 3.05. The van der Waals surface area contributed by atoms with E-state index in [4.69, 9.17) is 11.6 Å². The molecule has 1 heterocycles. The van der Waals surface area contributed by atoms with Crippen LogP contribution in [0, 0.1) is 0 Å². The van der Waals surface area contributed by atoms with Crippen molar-refractivity contribution in [2.24, 2.45) is 0 Å². The van der Waals surface area contributed by atoms with Crippen molar-refractivity contribution in [3.05, 3.63) is 53.1 Å². The molecule has 1 aromatic carbocycles. The Hall–Kier alpha value is -1.59. The van der Waals surface area contributed by atoms with Crippen LogP contribution in [-0.2, 0) is 6.54 Å². The maximum Gasteiger partial charge on any atom is 0.253 e.